The third-order valence-electron chi connectivity index (χ3n) is 2.66. The van der Waals surface area contributed by atoms with Gasteiger partial charge >= 0.3 is 5.97 Å². The molecule has 1 aromatic carbocycles. The van der Waals surface area contributed by atoms with Crippen molar-refractivity contribution in [1.29, 1.82) is 5.26 Å². The first-order valence-corrected chi connectivity index (χ1v) is 7.04. The molecule has 0 unspecified atom stereocenters. The molecular weight excluding hydrogens is 282 g/mol. The summed E-state index contributed by atoms with van der Waals surface area (Å²) >= 11 is 0. The van der Waals surface area contributed by atoms with Gasteiger partial charge in [-0.2, -0.15) is 5.26 Å². The first-order valence-electron chi connectivity index (χ1n) is 7.04. The number of esters is 1. The maximum Gasteiger partial charge on any atom is 0.350 e. The second-order valence-corrected chi connectivity index (χ2v) is 4.37. The summed E-state index contributed by atoms with van der Waals surface area (Å²) in [5.74, 6) is -0.852. The molecule has 1 amide bonds. The first-order chi connectivity index (χ1) is 10.6. The van der Waals surface area contributed by atoms with Gasteiger partial charge < -0.3 is 15.4 Å². The number of ether oxygens (including phenoxy) is 1. The minimum Gasteiger partial charge on any atom is -0.462 e. The number of rotatable bonds is 7. The molecule has 1 rings (SSSR count). The van der Waals surface area contributed by atoms with Crippen LogP contribution in [0.25, 0.3) is 0 Å². The molecule has 0 aliphatic carbocycles. The predicted molar refractivity (Wildman–Crippen MR) is 83.0 cm³/mol. The van der Waals surface area contributed by atoms with E-state index in [1.54, 1.807) is 37.3 Å². The molecule has 0 radical (unpaired) electrons. The van der Waals surface area contributed by atoms with E-state index in [2.05, 4.69) is 10.6 Å². The number of nitriles is 1. The quantitative estimate of drug-likeness (QED) is 0.458. The Labute approximate surface area is 129 Å². The normalized spacial score (nSPS) is 10.5. The predicted octanol–water partition coefficient (Wildman–Crippen LogP) is 2.21. The second kappa shape index (κ2) is 9.19. The third-order valence-corrected chi connectivity index (χ3v) is 2.66. The lowest BCUT2D eigenvalue weighted by atomic mass is 10.2. The SMILES string of the molecule is CCCNC(=O)c1cccc(N/C=C(/C#N)C(=O)OCC)c1. The molecule has 0 heterocycles. The molecule has 0 saturated heterocycles. The largest absolute Gasteiger partial charge is 0.462 e. The minimum absolute atomic E-state index is 0.136. The number of carbonyl (C=O) groups is 2. The smallest absolute Gasteiger partial charge is 0.350 e. The summed E-state index contributed by atoms with van der Waals surface area (Å²) < 4.78 is 4.76. The first kappa shape index (κ1) is 17.2. The Kier molecular flexibility index (Phi) is 7.20. The number of anilines is 1. The highest BCUT2D eigenvalue weighted by Gasteiger charge is 2.09. The standard InChI is InChI=1S/C16H19N3O3/c1-3-8-18-15(20)12-6-5-7-14(9-12)19-11-13(10-17)16(21)22-4-2/h5-7,9,11,19H,3-4,8H2,1-2H3,(H,18,20)/b13-11-. The molecule has 116 valence electrons. The van der Waals surface area contributed by atoms with E-state index >= 15 is 0 Å². The summed E-state index contributed by atoms with van der Waals surface area (Å²) in [6, 6.07) is 8.54. The van der Waals surface area contributed by atoms with Crippen LogP contribution >= 0.6 is 0 Å². The van der Waals surface area contributed by atoms with Gasteiger partial charge in [-0.05, 0) is 31.5 Å². The van der Waals surface area contributed by atoms with Crippen molar-refractivity contribution in [3.05, 3.63) is 41.6 Å². The Balaban J connectivity index is 2.80. The van der Waals surface area contributed by atoms with Crippen LogP contribution in [0.4, 0.5) is 5.69 Å². The molecule has 22 heavy (non-hydrogen) atoms. The van der Waals surface area contributed by atoms with E-state index in [0.29, 0.717) is 17.8 Å². The fraction of sp³-hybridized carbons (Fsp3) is 0.312. The van der Waals surface area contributed by atoms with Gasteiger partial charge in [0, 0.05) is 24.0 Å². The van der Waals surface area contributed by atoms with Gasteiger partial charge in [0.2, 0.25) is 0 Å². The molecule has 0 aliphatic rings. The van der Waals surface area contributed by atoms with Gasteiger partial charge in [-0.3, -0.25) is 4.79 Å². The van der Waals surface area contributed by atoms with Crippen LogP contribution in [-0.4, -0.2) is 25.0 Å². The van der Waals surface area contributed by atoms with Crippen LogP contribution in [0, 0.1) is 11.3 Å². The van der Waals surface area contributed by atoms with E-state index < -0.39 is 5.97 Å². The number of carbonyl (C=O) groups excluding carboxylic acids is 2. The average Bonchev–Trinajstić information content (AvgIpc) is 2.53. The maximum atomic E-state index is 11.9. The van der Waals surface area contributed by atoms with Crippen molar-refractivity contribution in [3.8, 4) is 6.07 Å². The zero-order chi connectivity index (χ0) is 16.4. The lowest BCUT2D eigenvalue weighted by Gasteiger charge is -2.06. The lowest BCUT2D eigenvalue weighted by Crippen LogP contribution is -2.23. The molecule has 0 aliphatic heterocycles. The van der Waals surface area contributed by atoms with Gasteiger partial charge in [0.05, 0.1) is 6.61 Å². The van der Waals surface area contributed by atoms with Crippen LogP contribution in [0.5, 0.6) is 0 Å². The van der Waals surface area contributed by atoms with E-state index in [1.165, 1.54) is 6.20 Å². The summed E-state index contributed by atoms with van der Waals surface area (Å²) in [7, 11) is 0. The van der Waals surface area contributed by atoms with E-state index in [0.717, 1.165) is 6.42 Å². The van der Waals surface area contributed by atoms with Gasteiger partial charge in [0.25, 0.3) is 5.91 Å². The third kappa shape index (κ3) is 5.29. The number of nitrogens with one attached hydrogen (secondary N) is 2. The molecule has 0 saturated carbocycles. The van der Waals surface area contributed by atoms with E-state index in [-0.39, 0.29) is 18.1 Å². The van der Waals surface area contributed by atoms with Gasteiger partial charge in [-0.1, -0.05) is 13.0 Å². The zero-order valence-corrected chi connectivity index (χ0v) is 12.7. The number of hydrogen-bond donors (Lipinski definition) is 2. The van der Waals surface area contributed by atoms with Gasteiger partial charge in [-0.25, -0.2) is 4.79 Å². The molecule has 6 nitrogen and oxygen atoms in total. The van der Waals surface area contributed by atoms with Crippen molar-refractivity contribution in [3.63, 3.8) is 0 Å². The highest BCUT2D eigenvalue weighted by molar-refractivity contribution is 5.95. The monoisotopic (exact) mass is 301 g/mol. The number of hydrogen-bond acceptors (Lipinski definition) is 5. The molecule has 6 heteroatoms. The van der Waals surface area contributed by atoms with Crippen molar-refractivity contribution < 1.29 is 14.3 Å². The maximum absolute atomic E-state index is 11.9. The Morgan fingerprint density at radius 3 is 2.77 bits per heavy atom. The summed E-state index contributed by atoms with van der Waals surface area (Å²) in [5, 5.41) is 14.5. The van der Waals surface area contributed by atoms with Crippen molar-refractivity contribution >= 4 is 17.6 Å². The molecule has 0 spiro atoms. The van der Waals surface area contributed by atoms with E-state index in [1.807, 2.05) is 6.92 Å². The Morgan fingerprint density at radius 1 is 1.36 bits per heavy atom. The van der Waals surface area contributed by atoms with Crippen LogP contribution in [0.1, 0.15) is 30.6 Å². The van der Waals surface area contributed by atoms with Crippen LogP contribution in [0.3, 0.4) is 0 Å². The second-order valence-electron chi connectivity index (χ2n) is 4.37. The summed E-state index contributed by atoms with van der Waals surface area (Å²) in [6.45, 7) is 4.45. The summed E-state index contributed by atoms with van der Waals surface area (Å²) in [4.78, 5) is 23.3. The number of amides is 1. The fourth-order valence-electron chi connectivity index (χ4n) is 1.59. The number of nitrogens with zero attached hydrogens (tertiary/aromatic N) is 1. The Hall–Kier alpha value is -2.81. The van der Waals surface area contributed by atoms with Crippen molar-refractivity contribution in [2.45, 2.75) is 20.3 Å². The van der Waals surface area contributed by atoms with Crippen LogP contribution in [-0.2, 0) is 9.53 Å². The Morgan fingerprint density at radius 2 is 2.14 bits per heavy atom. The molecule has 0 fully saturated rings. The molecule has 2 N–H and O–H groups in total. The molecule has 0 atom stereocenters. The fourth-order valence-corrected chi connectivity index (χ4v) is 1.59. The van der Waals surface area contributed by atoms with Crippen LogP contribution in [0.15, 0.2) is 36.0 Å². The van der Waals surface area contributed by atoms with E-state index in [9.17, 15) is 9.59 Å². The van der Waals surface area contributed by atoms with Gasteiger partial charge in [-0.15, -0.1) is 0 Å². The van der Waals surface area contributed by atoms with Gasteiger partial charge in [0.1, 0.15) is 6.07 Å². The van der Waals surface area contributed by atoms with Crippen molar-refractivity contribution in [2.75, 3.05) is 18.5 Å². The van der Waals surface area contributed by atoms with Crippen molar-refractivity contribution in [2.24, 2.45) is 0 Å². The Bertz CT molecular complexity index is 603. The summed E-state index contributed by atoms with van der Waals surface area (Å²) in [5.41, 5.74) is 0.963. The van der Waals surface area contributed by atoms with E-state index in [4.69, 9.17) is 10.00 Å². The molecule has 0 aromatic heterocycles. The highest BCUT2D eigenvalue weighted by atomic mass is 16.5. The summed E-state index contributed by atoms with van der Waals surface area (Å²) in [6.07, 6.45) is 2.12. The van der Waals surface area contributed by atoms with Crippen LogP contribution < -0.4 is 10.6 Å². The van der Waals surface area contributed by atoms with Gasteiger partial charge in [0.15, 0.2) is 5.57 Å². The van der Waals surface area contributed by atoms with Crippen LogP contribution in [0.2, 0.25) is 0 Å². The number of benzene rings is 1. The average molecular weight is 301 g/mol. The lowest BCUT2D eigenvalue weighted by molar-refractivity contribution is -0.138. The zero-order valence-electron chi connectivity index (χ0n) is 12.7. The minimum atomic E-state index is -0.686. The molecular formula is C16H19N3O3. The van der Waals surface area contributed by atoms with Crippen molar-refractivity contribution in [1.82, 2.24) is 5.32 Å². The molecule has 1 aromatic rings. The topological polar surface area (TPSA) is 91.2 Å². The molecule has 0 bridgehead atoms. The highest BCUT2D eigenvalue weighted by Crippen LogP contribution is 2.11.